The molecule has 9 nitrogen and oxygen atoms in total. The van der Waals surface area contributed by atoms with Crippen LogP contribution in [0.5, 0.6) is 0 Å². The van der Waals surface area contributed by atoms with Gasteiger partial charge < -0.3 is 28.5 Å². The summed E-state index contributed by atoms with van der Waals surface area (Å²) < 4.78 is 22.9. The molecule has 0 heterocycles. The number of unbranched alkanes of at least 4 members (excludes halogenated alkanes) is 36. The van der Waals surface area contributed by atoms with E-state index in [2.05, 4.69) is 38.2 Å². The van der Waals surface area contributed by atoms with Gasteiger partial charge in [0.2, 0.25) is 0 Å². The Morgan fingerprint density at radius 3 is 1.14 bits per heavy atom. The number of carbonyl (C=O) groups excluding carboxylic acids is 2. The first kappa shape index (κ1) is 66.8. The Bertz CT molecular complexity index is 1180. The second kappa shape index (κ2) is 52.1. The van der Waals surface area contributed by atoms with Crippen molar-refractivity contribution in [1.82, 2.24) is 0 Å². The van der Waals surface area contributed by atoms with E-state index in [-0.39, 0.29) is 38.2 Å². The fourth-order valence-electron chi connectivity index (χ4n) is 8.63. The number of allylic oxidation sites excluding steroid dienone is 4. The minimum Gasteiger partial charge on any atom is -0.477 e. The minimum atomic E-state index is -1.50. The predicted octanol–water partition coefficient (Wildman–Crippen LogP) is 17.1. The van der Waals surface area contributed by atoms with Gasteiger partial charge >= 0.3 is 17.9 Å². The molecular formula is C60H114NO8+. The highest BCUT2D eigenvalue weighted by atomic mass is 16.7. The van der Waals surface area contributed by atoms with Crippen molar-refractivity contribution >= 4 is 17.9 Å². The van der Waals surface area contributed by atoms with Crippen LogP contribution in [0.3, 0.4) is 0 Å². The summed E-state index contributed by atoms with van der Waals surface area (Å²) in [5, 5.41) is 9.68. The van der Waals surface area contributed by atoms with Gasteiger partial charge in [0.1, 0.15) is 13.2 Å². The molecule has 0 aromatic heterocycles. The summed E-state index contributed by atoms with van der Waals surface area (Å²) in [7, 11) is 5.98. The second-order valence-corrected chi connectivity index (χ2v) is 21.3. The molecule has 0 spiro atoms. The molecule has 0 rings (SSSR count). The maximum atomic E-state index is 12.9. The van der Waals surface area contributed by atoms with E-state index >= 15 is 0 Å². The van der Waals surface area contributed by atoms with E-state index in [9.17, 15) is 19.5 Å². The predicted molar refractivity (Wildman–Crippen MR) is 291 cm³/mol. The SMILES string of the molecule is CCCCCCC/C=C\C/C=C\CCCCCCCCCCCCCCCCCCCCCC(=O)OC(COC(=O)CCCCCCCCCCCCCCC)COC(OCC[N+](C)(C)C)C(=O)O. The first-order chi connectivity index (χ1) is 33.6. The smallest absolute Gasteiger partial charge is 0.361 e. The maximum absolute atomic E-state index is 12.9. The lowest BCUT2D eigenvalue weighted by Crippen LogP contribution is -2.40. The fraction of sp³-hybridized carbons (Fsp3) is 0.883. The molecule has 2 atom stereocenters. The number of esters is 2. The summed E-state index contributed by atoms with van der Waals surface area (Å²) in [6, 6.07) is 0. The molecule has 1 N–H and O–H groups in total. The topological polar surface area (TPSA) is 108 Å². The first-order valence-corrected chi connectivity index (χ1v) is 29.5. The number of hydrogen-bond donors (Lipinski definition) is 1. The van der Waals surface area contributed by atoms with Gasteiger partial charge in [0.15, 0.2) is 6.10 Å². The molecule has 69 heavy (non-hydrogen) atoms. The van der Waals surface area contributed by atoms with Crippen LogP contribution < -0.4 is 0 Å². The van der Waals surface area contributed by atoms with Crippen LogP contribution in [0, 0.1) is 0 Å². The fourth-order valence-corrected chi connectivity index (χ4v) is 8.63. The van der Waals surface area contributed by atoms with Gasteiger partial charge in [-0.25, -0.2) is 4.79 Å². The van der Waals surface area contributed by atoms with Gasteiger partial charge in [-0.3, -0.25) is 9.59 Å². The van der Waals surface area contributed by atoms with Gasteiger partial charge in [0, 0.05) is 12.8 Å². The lowest BCUT2D eigenvalue weighted by molar-refractivity contribution is -0.870. The summed E-state index contributed by atoms with van der Waals surface area (Å²) >= 11 is 0. The number of quaternary nitrogens is 1. The lowest BCUT2D eigenvalue weighted by atomic mass is 10.0. The highest BCUT2D eigenvalue weighted by Crippen LogP contribution is 2.17. The Labute approximate surface area is 427 Å². The first-order valence-electron chi connectivity index (χ1n) is 29.5. The van der Waals surface area contributed by atoms with Gasteiger partial charge in [-0.05, 0) is 44.9 Å². The van der Waals surface area contributed by atoms with E-state index in [0.717, 1.165) is 44.9 Å². The molecule has 0 bridgehead atoms. The van der Waals surface area contributed by atoms with Crippen molar-refractivity contribution in [1.29, 1.82) is 0 Å². The van der Waals surface area contributed by atoms with Crippen LogP contribution in [-0.4, -0.2) is 87.4 Å². The molecule has 0 aliphatic heterocycles. The molecule has 9 heteroatoms. The largest absolute Gasteiger partial charge is 0.477 e. The van der Waals surface area contributed by atoms with Crippen molar-refractivity contribution in [2.75, 3.05) is 47.5 Å². The number of rotatable bonds is 55. The highest BCUT2D eigenvalue weighted by molar-refractivity contribution is 5.71. The van der Waals surface area contributed by atoms with Crippen molar-refractivity contribution in [3.8, 4) is 0 Å². The number of ether oxygens (including phenoxy) is 4. The number of hydrogen-bond acceptors (Lipinski definition) is 7. The van der Waals surface area contributed by atoms with Gasteiger partial charge in [0.05, 0.1) is 34.4 Å². The number of aliphatic carboxylic acids is 1. The van der Waals surface area contributed by atoms with Crippen LogP contribution in [-0.2, 0) is 33.3 Å². The van der Waals surface area contributed by atoms with Gasteiger partial charge in [-0.1, -0.05) is 250 Å². The molecule has 0 amide bonds. The average Bonchev–Trinajstić information content (AvgIpc) is 3.31. The van der Waals surface area contributed by atoms with Crippen LogP contribution in [0.2, 0.25) is 0 Å². The van der Waals surface area contributed by atoms with Crippen molar-refractivity contribution < 1.29 is 42.9 Å². The van der Waals surface area contributed by atoms with Crippen LogP contribution >= 0.6 is 0 Å². The van der Waals surface area contributed by atoms with Gasteiger partial charge in [-0.15, -0.1) is 0 Å². The molecule has 0 saturated carbocycles. The lowest BCUT2D eigenvalue weighted by Gasteiger charge is -2.25. The van der Waals surface area contributed by atoms with E-state index in [1.54, 1.807) is 0 Å². The normalized spacial score (nSPS) is 12.9. The zero-order valence-corrected chi connectivity index (χ0v) is 46.2. The molecular weight excluding hydrogens is 863 g/mol. The standard InChI is InChI=1S/C60H113NO8/c1-6-8-10-12-14-16-18-20-21-22-23-24-25-26-27-28-29-30-31-32-33-34-35-36-37-39-41-43-45-47-49-51-58(63)69-56(55-68-60(59(64)65)66-53-52-61(3,4)5)54-67-57(62)50-48-46-44-42-40-38-19-17-15-13-11-9-7-2/h18,20,22-23,56,60H,6-17,19,21,24-55H2,1-5H3/p+1/b20-18-,23-22-. The van der Waals surface area contributed by atoms with E-state index in [0.29, 0.717) is 17.4 Å². The third-order valence-electron chi connectivity index (χ3n) is 13.2. The number of nitrogens with zero attached hydrogens (tertiary/aromatic N) is 1. The second-order valence-electron chi connectivity index (χ2n) is 21.3. The molecule has 0 aliphatic rings. The van der Waals surface area contributed by atoms with Crippen molar-refractivity contribution in [3.63, 3.8) is 0 Å². The van der Waals surface area contributed by atoms with Crippen LogP contribution in [0.1, 0.15) is 284 Å². The van der Waals surface area contributed by atoms with Crippen molar-refractivity contribution in [2.24, 2.45) is 0 Å². The number of likely N-dealkylation sites (N-methyl/N-ethyl adjacent to an activating group) is 1. The molecule has 0 aromatic rings. The van der Waals surface area contributed by atoms with Crippen LogP contribution in [0.25, 0.3) is 0 Å². The van der Waals surface area contributed by atoms with E-state index in [4.69, 9.17) is 18.9 Å². The zero-order chi connectivity index (χ0) is 50.6. The summed E-state index contributed by atoms with van der Waals surface area (Å²) in [5.41, 5.74) is 0. The van der Waals surface area contributed by atoms with E-state index in [1.165, 1.54) is 212 Å². The van der Waals surface area contributed by atoms with E-state index in [1.807, 2.05) is 21.1 Å². The van der Waals surface area contributed by atoms with Crippen molar-refractivity contribution in [3.05, 3.63) is 24.3 Å². The number of carboxylic acids is 1. The summed E-state index contributed by atoms with van der Waals surface area (Å²) in [6.45, 7) is 4.90. The van der Waals surface area contributed by atoms with Crippen molar-refractivity contribution in [2.45, 2.75) is 296 Å². The third-order valence-corrected chi connectivity index (χ3v) is 13.2. The molecule has 0 aromatic carbocycles. The van der Waals surface area contributed by atoms with Crippen LogP contribution in [0.15, 0.2) is 24.3 Å². The Morgan fingerprint density at radius 1 is 0.435 bits per heavy atom. The molecule has 0 fully saturated rings. The zero-order valence-electron chi connectivity index (χ0n) is 46.2. The third kappa shape index (κ3) is 53.4. The minimum absolute atomic E-state index is 0.175. The van der Waals surface area contributed by atoms with Gasteiger partial charge in [0.25, 0.3) is 6.29 Å². The van der Waals surface area contributed by atoms with E-state index < -0.39 is 18.4 Å². The number of carbonyl (C=O) groups is 3. The van der Waals surface area contributed by atoms with Crippen LogP contribution in [0.4, 0.5) is 0 Å². The molecule has 0 aliphatic carbocycles. The molecule has 2 unspecified atom stereocenters. The quantitative estimate of drug-likeness (QED) is 0.0211. The Balaban J connectivity index is 4.07. The Kier molecular flexibility index (Phi) is 50.4. The molecule has 0 saturated heterocycles. The summed E-state index contributed by atoms with van der Waals surface area (Å²) in [5.74, 6) is -1.98. The average molecular weight is 978 g/mol. The Morgan fingerprint density at radius 2 is 0.783 bits per heavy atom. The molecule has 406 valence electrons. The maximum Gasteiger partial charge on any atom is 0.361 e. The Hall–Kier alpha value is -2.23. The highest BCUT2D eigenvalue weighted by Gasteiger charge is 2.25. The molecule has 0 radical (unpaired) electrons. The summed E-state index contributed by atoms with van der Waals surface area (Å²) in [6.07, 6.45) is 58.4. The summed E-state index contributed by atoms with van der Waals surface area (Å²) in [4.78, 5) is 37.3. The van der Waals surface area contributed by atoms with Gasteiger partial charge in [-0.2, -0.15) is 0 Å². The number of carboxylic acid groups (broad SMARTS) is 1. The monoisotopic (exact) mass is 977 g/mol.